The Morgan fingerprint density at radius 3 is 2.69 bits per heavy atom. The molecule has 29 heavy (non-hydrogen) atoms. The van der Waals surface area contributed by atoms with Crippen LogP contribution in [0, 0.1) is 17.1 Å². The number of halogens is 2. The van der Waals surface area contributed by atoms with Gasteiger partial charge in [-0.1, -0.05) is 29.8 Å². The van der Waals surface area contributed by atoms with Gasteiger partial charge in [-0.2, -0.15) is 5.26 Å². The highest BCUT2D eigenvalue weighted by Crippen LogP contribution is 2.39. The van der Waals surface area contributed by atoms with Crippen molar-refractivity contribution in [3.8, 4) is 11.9 Å². The standard InChI is InChI=1S/C20H15ClFN3O4/c1-3-28-20(27)15-8-13-17(21)19(29-11(2)26)25(18(13)16(9-23)24-15)10-12-6-4-5-7-14(12)22/h4-8H,3,10H2,1-2H3. The third-order valence-electron chi connectivity index (χ3n) is 4.05. The minimum absolute atomic E-state index is 0.00372. The molecule has 0 radical (unpaired) electrons. The molecule has 0 unspecified atom stereocenters. The van der Waals surface area contributed by atoms with Crippen molar-refractivity contribution in [1.29, 1.82) is 5.26 Å². The van der Waals surface area contributed by atoms with E-state index < -0.39 is 17.8 Å². The number of hydrogen-bond donors (Lipinski definition) is 0. The Labute approximate surface area is 170 Å². The van der Waals surface area contributed by atoms with Crippen LogP contribution in [0.3, 0.4) is 0 Å². The number of ether oxygens (including phenoxy) is 2. The summed E-state index contributed by atoms with van der Waals surface area (Å²) in [4.78, 5) is 27.7. The number of rotatable bonds is 5. The van der Waals surface area contributed by atoms with Crippen LogP contribution >= 0.6 is 11.6 Å². The summed E-state index contributed by atoms with van der Waals surface area (Å²) in [5, 5.41) is 9.85. The lowest BCUT2D eigenvalue weighted by molar-refractivity contribution is -0.132. The zero-order valence-corrected chi connectivity index (χ0v) is 16.3. The molecule has 0 bridgehead atoms. The largest absolute Gasteiger partial charge is 0.461 e. The Bertz CT molecular complexity index is 1170. The molecule has 0 saturated heterocycles. The van der Waals surface area contributed by atoms with Gasteiger partial charge in [0.05, 0.1) is 18.7 Å². The molecule has 0 aliphatic rings. The summed E-state index contributed by atoms with van der Waals surface area (Å²) >= 11 is 6.41. The zero-order valence-electron chi connectivity index (χ0n) is 15.5. The number of fused-ring (bicyclic) bond motifs is 1. The lowest BCUT2D eigenvalue weighted by Gasteiger charge is -2.11. The fourth-order valence-electron chi connectivity index (χ4n) is 2.89. The molecule has 0 aliphatic heterocycles. The summed E-state index contributed by atoms with van der Waals surface area (Å²) < 4.78 is 25.8. The number of carbonyl (C=O) groups is 2. The van der Waals surface area contributed by atoms with Crippen molar-refractivity contribution in [3.63, 3.8) is 0 Å². The number of benzene rings is 1. The molecule has 3 aromatic rings. The molecule has 3 rings (SSSR count). The highest BCUT2D eigenvalue weighted by Gasteiger charge is 2.25. The molecular weight excluding hydrogens is 401 g/mol. The van der Waals surface area contributed by atoms with Crippen LogP contribution in [-0.2, 0) is 16.1 Å². The van der Waals surface area contributed by atoms with Gasteiger partial charge in [0.2, 0.25) is 5.88 Å². The molecule has 0 amide bonds. The highest BCUT2D eigenvalue weighted by atomic mass is 35.5. The molecule has 0 aliphatic carbocycles. The Morgan fingerprint density at radius 1 is 1.34 bits per heavy atom. The molecule has 2 heterocycles. The summed E-state index contributed by atoms with van der Waals surface area (Å²) in [6, 6.07) is 9.30. The van der Waals surface area contributed by atoms with Gasteiger partial charge in [0.25, 0.3) is 0 Å². The smallest absolute Gasteiger partial charge is 0.356 e. The topological polar surface area (TPSA) is 94.2 Å². The van der Waals surface area contributed by atoms with Crippen LogP contribution in [0.5, 0.6) is 5.88 Å². The first-order valence-corrected chi connectivity index (χ1v) is 8.96. The minimum Gasteiger partial charge on any atom is -0.461 e. The number of nitriles is 1. The van der Waals surface area contributed by atoms with Gasteiger partial charge in [-0.15, -0.1) is 0 Å². The molecule has 2 aromatic heterocycles. The lowest BCUT2D eigenvalue weighted by atomic mass is 10.2. The summed E-state index contributed by atoms with van der Waals surface area (Å²) in [6.07, 6.45) is 0. The van der Waals surface area contributed by atoms with Gasteiger partial charge in [-0.3, -0.25) is 4.79 Å². The summed E-state index contributed by atoms with van der Waals surface area (Å²) in [7, 11) is 0. The van der Waals surface area contributed by atoms with E-state index >= 15 is 0 Å². The minimum atomic E-state index is -0.724. The number of esters is 2. The number of aromatic nitrogens is 2. The third-order valence-corrected chi connectivity index (χ3v) is 4.41. The quantitative estimate of drug-likeness (QED) is 0.587. The summed E-state index contributed by atoms with van der Waals surface area (Å²) in [6.45, 7) is 2.88. The van der Waals surface area contributed by atoms with Gasteiger partial charge in [0.1, 0.15) is 16.9 Å². The lowest BCUT2D eigenvalue weighted by Crippen LogP contribution is -2.11. The van der Waals surface area contributed by atoms with Gasteiger partial charge in [-0.05, 0) is 19.1 Å². The van der Waals surface area contributed by atoms with Crippen molar-refractivity contribution in [2.24, 2.45) is 0 Å². The Kier molecular flexibility index (Phi) is 5.80. The number of nitrogens with zero attached hydrogens (tertiary/aromatic N) is 3. The van der Waals surface area contributed by atoms with Crippen molar-refractivity contribution in [2.45, 2.75) is 20.4 Å². The molecule has 9 heteroatoms. The van der Waals surface area contributed by atoms with Crippen LogP contribution < -0.4 is 4.74 Å². The van der Waals surface area contributed by atoms with Gasteiger partial charge in [0.15, 0.2) is 11.4 Å². The van der Waals surface area contributed by atoms with Crippen LogP contribution in [0.2, 0.25) is 5.02 Å². The van der Waals surface area contributed by atoms with E-state index in [1.165, 1.54) is 23.6 Å². The first-order valence-electron chi connectivity index (χ1n) is 8.59. The zero-order chi connectivity index (χ0) is 21.1. The summed E-state index contributed by atoms with van der Waals surface area (Å²) in [5.74, 6) is -1.93. The second-order valence-electron chi connectivity index (χ2n) is 5.97. The van der Waals surface area contributed by atoms with E-state index in [4.69, 9.17) is 21.1 Å². The first kappa shape index (κ1) is 20.3. The molecular formula is C20H15ClFN3O4. The van der Waals surface area contributed by atoms with E-state index in [0.717, 1.165) is 0 Å². The Balaban J connectivity index is 2.30. The maximum atomic E-state index is 14.2. The van der Waals surface area contributed by atoms with E-state index in [0.29, 0.717) is 0 Å². The van der Waals surface area contributed by atoms with Crippen molar-refractivity contribution in [2.75, 3.05) is 6.61 Å². The first-order chi connectivity index (χ1) is 13.9. The average molecular weight is 416 g/mol. The maximum Gasteiger partial charge on any atom is 0.356 e. The monoisotopic (exact) mass is 415 g/mol. The van der Waals surface area contributed by atoms with Gasteiger partial charge < -0.3 is 14.0 Å². The Morgan fingerprint density at radius 2 is 2.07 bits per heavy atom. The molecule has 148 valence electrons. The second kappa shape index (κ2) is 8.29. The van der Waals surface area contributed by atoms with E-state index in [-0.39, 0.29) is 51.9 Å². The molecule has 7 nitrogen and oxygen atoms in total. The SMILES string of the molecule is CCOC(=O)c1cc2c(Cl)c(OC(C)=O)n(Cc3ccccc3F)c2c(C#N)n1. The fourth-order valence-corrected chi connectivity index (χ4v) is 3.17. The maximum absolute atomic E-state index is 14.2. The van der Waals surface area contributed by atoms with Crippen molar-refractivity contribution >= 4 is 34.4 Å². The fraction of sp³-hybridized carbons (Fsp3) is 0.200. The van der Waals surface area contributed by atoms with E-state index in [1.807, 2.05) is 6.07 Å². The normalized spacial score (nSPS) is 10.6. The second-order valence-corrected chi connectivity index (χ2v) is 6.35. The predicted octanol–water partition coefficient (Wildman–Crippen LogP) is 3.85. The van der Waals surface area contributed by atoms with E-state index in [1.54, 1.807) is 25.1 Å². The van der Waals surface area contributed by atoms with Gasteiger partial charge >= 0.3 is 11.9 Å². The highest BCUT2D eigenvalue weighted by molar-refractivity contribution is 6.37. The molecule has 0 saturated carbocycles. The van der Waals surface area contributed by atoms with Crippen molar-refractivity contribution < 1.29 is 23.5 Å². The molecule has 0 N–H and O–H groups in total. The van der Waals surface area contributed by atoms with Crippen LogP contribution in [-0.4, -0.2) is 28.1 Å². The van der Waals surface area contributed by atoms with Crippen molar-refractivity contribution in [3.05, 3.63) is 58.1 Å². The van der Waals surface area contributed by atoms with E-state index in [9.17, 15) is 19.2 Å². The molecule has 0 fully saturated rings. The van der Waals surface area contributed by atoms with E-state index in [2.05, 4.69) is 4.98 Å². The summed E-state index contributed by atoms with van der Waals surface area (Å²) in [5.41, 5.74) is 0.246. The average Bonchev–Trinajstić information content (AvgIpc) is 2.94. The molecule has 1 aromatic carbocycles. The predicted molar refractivity (Wildman–Crippen MR) is 102 cm³/mol. The van der Waals surface area contributed by atoms with Gasteiger partial charge in [-0.25, -0.2) is 14.2 Å². The van der Waals surface area contributed by atoms with Crippen LogP contribution in [0.1, 0.15) is 35.6 Å². The Hall–Kier alpha value is -3.44. The van der Waals surface area contributed by atoms with Crippen LogP contribution in [0.15, 0.2) is 30.3 Å². The molecule has 0 spiro atoms. The molecule has 0 atom stereocenters. The van der Waals surface area contributed by atoms with Crippen LogP contribution in [0.25, 0.3) is 10.9 Å². The number of carbonyl (C=O) groups excluding carboxylic acids is 2. The van der Waals surface area contributed by atoms with Crippen molar-refractivity contribution in [1.82, 2.24) is 9.55 Å². The van der Waals surface area contributed by atoms with Crippen LogP contribution in [0.4, 0.5) is 4.39 Å². The van der Waals surface area contributed by atoms with Gasteiger partial charge in [0, 0.05) is 17.9 Å². The number of hydrogen-bond acceptors (Lipinski definition) is 6. The number of pyridine rings is 1. The third kappa shape index (κ3) is 3.91.